The van der Waals surface area contributed by atoms with Crippen LogP contribution in [0.15, 0.2) is 0 Å². The molecule has 0 radical (unpaired) electrons. The molecule has 0 aromatic carbocycles. The van der Waals surface area contributed by atoms with E-state index in [0.29, 0.717) is 0 Å². The Kier molecular flexibility index (Phi) is 26.5. The Morgan fingerprint density at radius 3 is 0.978 bits per heavy atom. The molecule has 40 heteroatoms. The lowest BCUT2D eigenvalue weighted by Crippen LogP contribution is -2.69. The molecule has 0 aromatic heterocycles. The Bertz CT molecular complexity index is 2150. The molecule has 24 N–H and O–H groups in total. The molecule has 0 saturated carbocycles. The van der Waals surface area contributed by atoms with E-state index in [1.807, 2.05) is 0 Å². The standard InChI is InChI=1S/C50H86O40/c1-11-37(34(72)38(17(8-56)77-11)86-46-33(71)28(66)24(62)19(84-46)10-76-44-31(69)26(64)20(58)12(3-51)78-44)85-49-42(30(68)23(61)15(6-54)82-49)89-50-43(90-48-41(75-2)29(67)22(60)14(5-53)81-48)35(73)39(18(9-57)83-50)87-47-36(74)40(25(63)16(7-55)80-47)88-45-32(70)27(65)21(59)13(4-52)79-45/h11-74H,3-10H2,1-2H3/t11-,12+,13+,14+,15+,16+,17+,18+,19+,20+,21+,22+,23+,24+,25+,26-,27-,28-,29-,30-,31-,32-,33+,34+,35-,36-,37+,38+,39+,40-,41-,42-,43-,44+,45-,46-,47-,48-,49-,50-/m0/s1. The van der Waals surface area contributed by atoms with Gasteiger partial charge in [0, 0.05) is 7.11 Å². The lowest BCUT2D eigenvalue weighted by molar-refractivity contribution is -0.414. The van der Waals surface area contributed by atoms with Gasteiger partial charge in [-0.1, -0.05) is 0 Å². The van der Waals surface area contributed by atoms with Crippen molar-refractivity contribution in [1.29, 1.82) is 0 Å². The van der Waals surface area contributed by atoms with E-state index in [1.54, 1.807) is 0 Å². The number of ether oxygens (including phenoxy) is 16. The van der Waals surface area contributed by atoms with Gasteiger partial charge in [-0.3, -0.25) is 0 Å². The average Bonchev–Trinajstić information content (AvgIpc) is 1.60. The Hall–Kier alpha value is -1.60. The van der Waals surface area contributed by atoms with Crippen LogP contribution in [0, 0.1) is 0 Å². The van der Waals surface area contributed by atoms with Crippen LogP contribution in [0.5, 0.6) is 0 Å². The molecule has 8 aliphatic rings. The Morgan fingerprint density at radius 1 is 0.233 bits per heavy atom. The van der Waals surface area contributed by atoms with Gasteiger partial charge in [0.05, 0.1) is 59.0 Å². The van der Waals surface area contributed by atoms with E-state index < -0.39 is 298 Å². The van der Waals surface area contributed by atoms with Crippen molar-refractivity contribution in [3.8, 4) is 0 Å². The van der Waals surface area contributed by atoms with Crippen molar-refractivity contribution in [2.45, 2.75) is 252 Å². The highest BCUT2D eigenvalue weighted by molar-refractivity contribution is 5.02. The molecular weight excluding hydrogens is 1240 g/mol. The van der Waals surface area contributed by atoms with Crippen molar-refractivity contribution in [3.05, 3.63) is 0 Å². The largest absolute Gasteiger partial charge is 0.394 e. The van der Waals surface area contributed by atoms with Crippen molar-refractivity contribution < 1.29 is 198 Å². The van der Waals surface area contributed by atoms with Gasteiger partial charge in [-0.2, -0.15) is 0 Å². The molecule has 0 spiro atoms. The summed E-state index contributed by atoms with van der Waals surface area (Å²) in [7, 11) is 1.03. The van der Waals surface area contributed by atoms with Crippen molar-refractivity contribution in [1.82, 2.24) is 0 Å². The van der Waals surface area contributed by atoms with Gasteiger partial charge < -0.3 is 198 Å². The highest BCUT2D eigenvalue weighted by atomic mass is 16.8. The van der Waals surface area contributed by atoms with Crippen molar-refractivity contribution in [2.24, 2.45) is 0 Å². The van der Waals surface area contributed by atoms with E-state index in [0.717, 1.165) is 7.11 Å². The van der Waals surface area contributed by atoms with Gasteiger partial charge in [0.1, 0.15) is 195 Å². The minimum Gasteiger partial charge on any atom is -0.394 e. The van der Waals surface area contributed by atoms with Crippen LogP contribution in [0.2, 0.25) is 0 Å². The summed E-state index contributed by atoms with van der Waals surface area (Å²) in [6.07, 6.45) is -77.3. The van der Waals surface area contributed by atoms with E-state index in [1.165, 1.54) is 6.92 Å². The molecule has 526 valence electrons. The molecule has 40 atom stereocenters. The third kappa shape index (κ3) is 15.2. The fourth-order valence-electron chi connectivity index (χ4n) is 11.8. The SMILES string of the molecule is CO[C@@H]1[C@H](O[C@@H]2[C@H](O[C@@H]3[C@H](O[C@H]4[C@@H](O)[C@H](O[C@@H]5O[C@H](CO[C@@H]6O[C@H](CO)[C@@H](O)[C@H](O)[C@@H]6O)[C@@H](O)[C@H](O)[C@H]5O)[C@@H](CO)O[C@H]4C)O[C@H](CO)[C@@H](O)[C@@H]3O)O[C@H](CO)[C@@H](O[C@@H]3O[C@H](CO)[C@@H](O)[C@H](O[C@@H]4O[C@H](CO)[C@@H](O)[C@H](O)[C@@H]4O)[C@@H]3O)[C@@H]2O)O[C@H](CO)[C@@H](O)[C@@H]1O. The third-order valence-electron chi connectivity index (χ3n) is 17.1. The van der Waals surface area contributed by atoms with Gasteiger partial charge in [0.2, 0.25) is 0 Å². The molecule has 0 bridgehead atoms. The summed E-state index contributed by atoms with van der Waals surface area (Å²) >= 11 is 0. The zero-order valence-corrected chi connectivity index (χ0v) is 48.0. The fraction of sp³-hybridized carbons (Fsp3) is 1.00. The first-order valence-electron chi connectivity index (χ1n) is 28.9. The maximum atomic E-state index is 12.5. The smallest absolute Gasteiger partial charge is 0.187 e. The van der Waals surface area contributed by atoms with Crippen molar-refractivity contribution >= 4 is 0 Å². The zero-order chi connectivity index (χ0) is 66.1. The molecule has 8 rings (SSSR count). The summed E-state index contributed by atoms with van der Waals surface area (Å²) in [5, 5.41) is 259. The van der Waals surface area contributed by atoms with Gasteiger partial charge in [0.15, 0.2) is 44.0 Å². The molecular formula is C50H86O40. The molecule has 40 nitrogen and oxygen atoms in total. The molecule has 0 aromatic rings. The fourth-order valence-corrected chi connectivity index (χ4v) is 11.8. The summed E-state index contributed by atoms with van der Waals surface area (Å²) in [6.45, 7) is -6.41. The number of aliphatic hydroxyl groups excluding tert-OH is 24. The molecule has 8 saturated heterocycles. The van der Waals surface area contributed by atoms with Gasteiger partial charge in [-0.15, -0.1) is 0 Å². The summed E-state index contributed by atoms with van der Waals surface area (Å²) < 4.78 is 92.8. The Balaban J connectivity index is 1.06. The number of hydrogen-bond donors (Lipinski definition) is 24. The zero-order valence-electron chi connectivity index (χ0n) is 48.0. The molecule has 0 unspecified atom stereocenters. The van der Waals surface area contributed by atoms with E-state index in [-0.39, 0.29) is 0 Å². The van der Waals surface area contributed by atoms with Gasteiger partial charge in [-0.25, -0.2) is 0 Å². The Labute approximate surface area is 509 Å². The molecule has 8 fully saturated rings. The third-order valence-corrected chi connectivity index (χ3v) is 17.1. The minimum atomic E-state index is -2.34. The van der Waals surface area contributed by atoms with E-state index in [9.17, 15) is 123 Å². The second-order valence-corrected chi connectivity index (χ2v) is 22.9. The summed E-state index contributed by atoms with van der Waals surface area (Å²) in [5.74, 6) is 0. The second-order valence-electron chi connectivity index (χ2n) is 22.9. The second kappa shape index (κ2) is 32.2. The van der Waals surface area contributed by atoms with Gasteiger partial charge in [0.25, 0.3) is 0 Å². The van der Waals surface area contributed by atoms with Crippen LogP contribution < -0.4 is 0 Å². The highest BCUT2D eigenvalue weighted by Crippen LogP contribution is 2.40. The minimum absolute atomic E-state index is 0.805. The van der Waals surface area contributed by atoms with E-state index >= 15 is 0 Å². The van der Waals surface area contributed by atoms with E-state index in [2.05, 4.69) is 0 Å². The van der Waals surface area contributed by atoms with Crippen molar-refractivity contribution in [3.63, 3.8) is 0 Å². The van der Waals surface area contributed by atoms with Gasteiger partial charge >= 0.3 is 0 Å². The lowest BCUT2D eigenvalue weighted by Gasteiger charge is -2.51. The van der Waals surface area contributed by atoms with Crippen LogP contribution in [0.4, 0.5) is 0 Å². The van der Waals surface area contributed by atoms with Crippen LogP contribution in [-0.2, 0) is 75.8 Å². The lowest BCUT2D eigenvalue weighted by atomic mass is 9.93. The molecule has 0 aliphatic carbocycles. The first kappa shape index (κ1) is 74.2. The molecule has 8 aliphatic heterocycles. The number of methoxy groups -OCH3 is 1. The topological polar surface area (TPSA) is 633 Å². The quantitative estimate of drug-likeness (QED) is 0.0452. The predicted octanol–water partition coefficient (Wildman–Crippen LogP) is -16.7. The monoisotopic (exact) mass is 1330 g/mol. The number of rotatable bonds is 23. The molecule has 90 heavy (non-hydrogen) atoms. The summed E-state index contributed by atoms with van der Waals surface area (Å²) in [4.78, 5) is 0. The van der Waals surface area contributed by atoms with Crippen LogP contribution in [-0.4, -0.2) is 428 Å². The van der Waals surface area contributed by atoms with Crippen LogP contribution in [0.25, 0.3) is 0 Å². The average molecular weight is 1330 g/mol. The maximum Gasteiger partial charge on any atom is 0.187 e. The maximum absolute atomic E-state index is 12.5. The molecule has 0 amide bonds. The molecule has 8 heterocycles. The summed E-state index contributed by atoms with van der Waals surface area (Å²) in [5.41, 5.74) is 0. The van der Waals surface area contributed by atoms with E-state index in [4.69, 9.17) is 75.8 Å². The first-order chi connectivity index (χ1) is 42.7. The van der Waals surface area contributed by atoms with Crippen LogP contribution in [0.3, 0.4) is 0 Å². The number of hydrogen-bond acceptors (Lipinski definition) is 40. The first-order valence-corrected chi connectivity index (χ1v) is 28.9. The van der Waals surface area contributed by atoms with Crippen LogP contribution in [0.1, 0.15) is 6.92 Å². The highest BCUT2D eigenvalue weighted by Gasteiger charge is 2.60. The normalized spacial score (nSPS) is 53.1. The van der Waals surface area contributed by atoms with Crippen molar-refractivity contribution in [2.75, 3.05) is 60.0 Å². The van der Waals surface area contributed by atoms with Gasteiger partial charge in [-0.05, 0) is 6.92 Å². The predicted molar refractivity (Wildman–Crippen MR) is 273 cm³/mol. The summed E-state index contributed by atoms with van der Waals surface area (Å²) in [6, 6.07) is 0. The number of aliphatic hydroxyl groups is 24. The van der Waals surface area contributed by atoms with Crippen LogP contribution >= 0.6 is 0 Å². The Morgan fingerprint density at radius 2 is 0.522 bits per heavy atom.